The predicted molar refractivity (Wildman–Crippen MR) is 67.8 cm³/mol. The van der Waals surface area contributed by atoms with E-state index in [4.69, 9.17) is 0 Å². The van der Waals surface area contributed by atoms with Crippen LogP contribution in [0, 0.1) is 5.92 Å². The third-order valence-electron chi connectivity index (χ3n) is 2.91. The molecule has 0 radical (unpaired) electrons. The molecule has 0 unspecified atom stereocenters. The molecule has 0 aromatic heterocycles. The first-order valence-electron chi connectivity index (χ1n) is 5.27. The molecule has 2 rings (SSSR count). The number of halogens is 1. The maximum atomic E-state index is 10.9. The largest absolute Gasteiger partial charge is 0.382 e. The van der Waals surface area contributed by atoms with Gasteiger partial charge in [-0.05, 0) is 22.3 Å². The van der Waals surface area contributed by atoms with Crippen molar-refractivity contribution in [3.8, 4) is 0 Å². The average molecular weight is 305 g/mol. The number of hydrogen-bond donors (Lipinski definition) is 1. The molecule has 2 nitrogen and oxygen atoms in total. The number of alkyl halides is 1. The van der Waals surface area contributed by atoms with Gasteiger partial charge in [0.15, 0.2) is 6.29 Å². The van der Waals surface area contributed by atoms with Crippen molar-refractivity contribution in [1.29, 1.82) is 0 Å². The number of carbonyl (C=O) groups excluding carboxylic acids is 1. The second-order valence-electron chi connectivity index (χ2n) is 3.87. The number of carbonyl (C=O) groups is 1. The summed E-state index contributed by atoms with van der Waals surface area (Å²) >= 11 is 0.0830. The normalized spacial score (nSPS) is 24.0. The molecule has 78 valence electrons. The minimum atomic E-state index is 0.0830. The Labute approximate surface area is 94.9 Å². The molecule has 0 spiro atoms. The number of aldehydes is 1. The van der Waals surface area contributed by atoms with Crippen LogP contribution in [0.25, 0.3) is 0 Å². The molecule has 1 N–H and O–H groups in total. The third-order valence-corrected chi connectivity index (χ3v) is 6.06. The molecule has 14 heavy (non-hydrogen) atoms. The summed E-state index contributed by atoms with van der Waals surface area (Å²) in [5.41, 5.74) is 0.968. The van der Waals surface area contributed by atoms with Crippen molar-refractivity contribution in [2.24, 2.45) is 5.92 Å². The van der Waals surface area contributed by atoms with Crippen LogP contribution in [0.3, 0.4) is 0 Å². The summed E-state index contributed by atoms with van der Waals surface area (Å²) in [4.78, 5) is 10.9. The lowest BCUT2D eigenvalue weighted by atomic mass is 9.85. The van der Waals surface area contributed by atoms with Gasteiger partial charge >= 0.3 is 0 Å². The van der Waals surface area contributed by atoms with Crippen LogP contribution < -0.4 is 5.32 Å². The molecule has 1 aliphatic carbocycles. The van der Waals surface area contributed by atoms with Gasteiger partial charge in [-0.25, -0.2) is 0 Å². The second-order valence-corrected chi connectivity index (χ2v) is 6.56. The SMILES string of the molecule is O=CC1=CNCI=C1C1CCCCC1. The lowest BCUT2D eigenvalue weighted by Crippen LogP contribution is -2.23. The van der Waals surface area contributed by atoms with Crippen molar-refractivity contribution in [3.63, 3.8) is 0 Å². The van der Waals surface area contributed by atoms with Crippen molar-refractivity contribution in [2.75, 3.05) is 4.55 Å². The quantitative estimate of drug-likeness (QED) is 0.367. The van der Waals surface area contributed by atoms with E-state index < -0.39 is 0 Å². The lowest BCUT2D eigenvalue weighted by Gasteiger charge is -2.25. The summed E-state index contributed by atoms with van der Waals surface area (Å²) in [5, 5.41) is 3.19. The number of hydrogen-bond acceptors (Lipinski definition) is 2. The zero-order chi connectivity index (χ0) is 9.80. The molecule has 0 aromatic carbocycles. The first-order valence-corrected chi connectivity index (χ1v) is 7.87. The molecule has 3 heteroatoms. The monoisotopic (exact) mass is 305 g/mol. The van der Waals surface area contributed by atoms with Crippen molar-refractivity contribution in [1.82, 2.24) is 5.32 Å². The minimum absolute atomic E-state index is 0.0830. The van der Waals surface area contributed by atoms with Gasteiger partial charge in [0.05, 0.1) is 4.55 Å². The van der Waals surface area contributed by atoms with Crippen LogP contribution in [0.5, 0.6) is 0 Å². The van der Waals surface area contributed by atoms with E-state index in [1.54, 1.807) is 0 Å². The van der Waals surface area contributed by atoms with E-state index >= 15 is 0 Å². The summed E-state index contributed by atoms with van der Waals surface area (Å²) in [6.45, 7) is 0. The Morgan fingerprint density at radius 1 is 1.36 bits per heavy atom. The molecule has 2 aliphatic rings. The van der Waals surface area contributed by atoms with Gasteiger partial charge in [-0.2, -0.15) is 0 Å². The zero-order valence-electron chi connectivity index (χ0n) is 8.26. The van der Waals surface area contributed by atoms with Gasteiger partial charge in [-0.3, -0.25) is 4.79 Å². The average Bonchev–Trinajstić information content (AvgIpc) is 2.30. The van der Waals surface area contributed by atoms with E-state index in [0.29, 0.717) is 0 Å². The molecular formula is C11H16INO. The van der Waals surface area contributed by atoms with Crippen LogP contribution in [0.1, 0.15) is 32.1 Å². The Bertz CT molecular complexity index is 277. The van der Waals surface area contributed by atoms with Crippen LogP contribution in [0.15, 0.2) is 11.8 Å². The smallest absolute Gasteiger partial charge is 0.152 e. The summed E-state index contributed by atoms with van der Waals surface area (Å²) in [6, 6.07) is 0. The second kappa shape index (κ2) is 5.05. The Hall–Kier alpha value is -0.190. The van der Waals surface area contributed by atoms with Crippen LogP contribution >= 0.6 is 20.7 Å². The number of allylic oxidation sites excluding steroid dienone is 1. The van der Waals surface area contributed by atoms with Crippen molar-refractivity contribution in [2.45, 2.75) is 32.1 Å². The topological polar surface area (TPSA) is 29.1 Å². The maximum absolute atomic E-state index is 10.9. The van der Waals surface area contributed by atoms with Gasteiger partial charge in [0.25, 0.3) is 0 Å². The van der Waals surface area contributed by atoms with Gasteiger partial charge < -0.3 is 5.32 Å². The molecule has 0 aromatic rings. The fourth-order valence-electron chi connectivity index (χ4n) is 2.20. The van der Waals surface area contributed by atoms with Crippen LogP contribution in [0.4, 0.5) is 0 Å². The van der Waals surface area contributed by atoms with E-state index in [1.165, 1.54) is 35.6 Å². The molecule has 1 fully saturated rings. The summed E-state index contributed by atoms with van der Waals surface area (Å²) < 4.78 is 2.64. The molecule has 1 heterocycles. The molecule has 0 atom stereocenters. The zero-order valence-corrected chi connectivity index (χ0v) is 10.4. The van der Waals surface area contributed by atoms with Crippen LogP contribution in [0.2, 0.25) is 0 Å². The van der Waals surface area contributed by atoms with Crippen molar-refractivity contribution < 1.29 is 4.79 Å². The standard InChI is InChI=1S/C11H16INO/c14-7-10-6-13-8-12-11(10)9-4-2-1-3-5-9/h6-7,9,13H,1-5,8H2. The highest BCUT2D eigenvalue weighted by Crippen LogP contribution is 2.30. The van der Waals surface area contributed by atoms with E-state index in [-0.39, 0.29) is 20.7 Å². The van der Waals surface area contributed by atoms with Gasteiger partial charge in [0.1, 0.15) is 0 Å². The van der Waals surface area contributed by atoms with Crippen molar-refractivity contribution >= 4 is 30.5 Å². The highest BCUT2D eigenvalue weighted by atomic mass is 127. The number of nitrogens with one attached hydrogen (secondary N) is 1. The molecule has 0 bridgehead atoms. The molecule has 0 amide bonds. The summed E-state index contributed by atoms with van der Waals surface area (Å²) in [5.74, 6) is 0.745. The molecule has 0 saturated heterocycles. The fourth-order valence-corrected chi connectivity index (χ4v) is 5.02. The van der Waals surface area contributed by atoms with Crippen LogP contribution in [-0.4, -0.2) is 14.3 Å². The first-order chi connectivity index (χ1) is 6.92. The van der Waals surface area contributed by atoms with E-state index in [1.807, 2.05) is 6.20 Å². The van der Waals surface area contributed by atoms with Crippen LogP contribution in [-0.2, 0) is 4.79 Å². The highest BCUT2D eigenvalue weighted by Gasteiger charge is 2.21. The van der Waals surface area contributed by atoms with Gasteiger partial charge in [-0.1, -0.05) is 40.0 Å². The Morgan fingerprint density at radius 2 is 2.14 bits per heavy atom. The Balaban J connectivity index is 2.10. The first kappa shape index (κ1) is 10.3. The minimum Gasteiger partial charge on any atom is -0.382 e. The van der Waals surface area contributed by atoms with E-state index in [9.17, 15) is 4.79 Å². The van der Waals surface area contributed by atoms with E-state index in [0.717, 1.165) is 22.3 Å². The van der Waals surface area contributed by atoms with Gasteiger partial charge in [0, 0.05) is 11.8 Å². The number of rotatable bonds is 2. The molecule has 1 saturated carbocycles. The molecular weight excluding hydrogens is 289 g/mol. The highest BCUT2D eigenvalue weighted by molar-refractivity contribution is 14.2. The van der Waals surface area contributed by atoms with Gasteiger partial charge in [-0.15, -0.1) is 0 Å². The predicted octanol–water partition coefficient (Wildman–Crippen LogP) is 2.35. The Kier molecular flexibility index (Phi) is 3.73. The fraction of sp³-hybridized carbons (Fsp3) is 0.636. The summed E-state index contributed by atoms with van der Waals surface area (Å²) in [6.07, 6.45) is 9.70. The maximum Gasteiger partial charge on any atom is 0.152 e. The third kappa shape index (κ3) is 2.24. The van der Waals surface area contributed by atoms with Crippen molar-refractivity contribution in [3.05, 3.63) is 11.8 Å². The van der Waals surface area contributed by atoms with Gasteiger partial charge in [0.2, 0.25) is 0 Å². The summed E-state index contributed by atoms with van der Waals surface area (Å²) in [7, 11) is 0. The van der Waals surface area contributed by atoms with E-state index in [2.05, 4.69) is 5.32 Å². The lowest BCUT2D eigenvalue weighted by molar-refractivity contribution is -0.104. The molecule has 1 aliphatic heterocycles. The Morgan fingerprint density at radius 3 is 2.86 bits per heavy atom.